The number of nitrogens with zero attached hydrogens (tertiary/aromatic N) is 2. The van der Waals surface area contributed by atoms with Crippen molar-refractivity contribution in [1.82, 2.24) is 9.72 Å². The van der Waals surface area contributed by atoms with Crippen molar-refractivity contribution in [2.24, 2.45) is 7.05 Å². The Hall–Kier alpha value is -4.67. The second-order valence-corrected chi connectivity index (χ2v) is 8.27. The molecule has 0 saturated carbocycles. The molecule has 35 heavy (non-hydrogen) atoms. The molecule has 1 unspecified atom stereocenters. The Balaban J connectivity index is 1.62. The van der Waals surface area contributed by atoms with E-state index in [1.165, 1.54) is 0 Å². The summed E-state index contributed by atoms with van der Waals surface area (Å²) >= 11 is 0. The van der Waals surface area contributed by atoms with Crippen molar-refractivity contribution >= 4 is 33.3 Å². The van der Waals surface area contributed by atoms with Crippen LogP contribution in [0, 0.1) is 18.8 Å². The number of anilines is 1. The van der Waals surface area contributed by atoms with Crippen LogP contribution >= 0.6 is 0 Å². The van der Waals surface area contributed by atoms with Crippen molar-refractivity contribution in [2.45, 2.75) is 12.5 Å². The number of nitrogens with one attached hydrogen (secondary N) is 1. The van der Waals surface area contributed by atoms with E-state index in [4.69, 9.17) is 4.52 Å². The zero-order valence-electron chi connectivity index (χ0n) is 19.1. The smallest absolute Gasteiger partial charge is 0.366 e. The Labute approximate surface area is 200 Å². The first-order valence-electron chi connectivity index (χ1n) is 10.9. The molecule has 7 nitrogen and oxygen atoms in total. The summed E-state index contributed by atoms with van der Waals surface area (Å²) in [5.74, 6) is 5.03. The maximum absolute atomic E-state index is 13.6. The van der Waals surface area contributed by atoms with Crippen LogP contribution in [-0.4, -0.2) is 20.7 Å². The molecule has 0 aliphatic heterocycles. The van der Waals surface area contributed by atoms with Crippen LogP contribution < -0.4 is 10.9 Å². The summed E-state index contributed by atoms with van der Waals surface area (Å²) < 4.78 is 6.61. The van der Waals surface area contributed by atoms with E-state index in [1.807, 2.05) is 54.1 Å². The van der Waals surface area contributed by atoms with Crippen LogP contribution in [0.4, 0.5) is 5.69 Å². The van der Waals surface area contributed by atoms with E-state index < -0.39 is 17.1 Å². The van der Waals surface area contributed by atoms with E-state index in [1.54, 1.807) is 43.5 Å². The first-order valence-corrected chi connectivity index (χ1v) is 10.9. The number of aryl methyl sites for hydroxylation is 2. The molecule has 0 bridgehead atoms. The van der Waals surface area contributed by atoms with Crippen LogP contribution in [0.25, 0.3) is 21.7 Å². The van der Waals surface area contributed by atoms with Gasteiger partial charge in [-0.3, -0.25) is 4.79 Å². The summed E-state index contributed by atoms with van der Waals surface area (Å²) in [4.78, 5) is 25.6. The Kier molecular flexibility index (Phi) is 5.44. The number of hydrogen-bond acceptors (Lipinski definition) is 5. The fourth-order valence-electron chi connectivity index (χ4n) is 4.09. The quantitative estimate of drug-likeness (QED) is 0.396. The summed E-state index contributed by atoms with van der Waals surface area (Å²) in [6.45, 7) is 1.70. The van der Waals surface area contributed by atoms with E-state index >= 15 is 0 Å². The molecule has 0 radical (unpaired) electrons. The van der Waals surface area contributed by atoms with Gasteiger partial charge in [0.05, 0.1) is 11.1 Å². The molecule has 172 valence electrons. The van der Waals surface area contributed by atoms with Crippen LogP contribution in [-0.2, 0) is 17.4 Å². The molecule has 0 saturated heterocycles. The number of amides is 1. The molecule has 1 amide bonds. The number of para-hydroxylation sites is 1. The summed E-state index contributed by atoms with van der Waals surface area (Å²) in [5.41, 5.74) is 0.0593. The number of hydrogen-bond donors (Lipinski definition) is 2. The third kappa shape index (κ3) is 3.97. The highest BCUT2D eigenvalue weighted by atomic mass is 16.5. The number of benzene rings is 3. The predicted molar refractivity (Wildman–Crippen MR) is 134 cm³/mol. The van der Waals surface area contributed by atoms with Gasteiger partial charge in [0.25, 0.3) is 5.91 Å². The summed E-state index contributed by atoms with van der Waals surface area (Å²) in [6, 6.07) is 21.4. The van der Waals surface area contributed by atoms with E-state index in [2.05, 4.69) is 22.3 Å². The molecule has 2 N–H and O–H groups in total. The maximum atomic E-state index is 13.6. The average molecular weight is 463 g/mol. The number of carbonyl (C=O) groups is 1. The lowest BCUT2D eigenvalue weighted by atomic mass is 9.92. The van der Waals surface area contributed by atoms with Crippen molar-refractivity contribution in [3.05, 3.63) is 106 Å². The molecule has 0 aliphatic rings. The number of aliphatic hydroxyl groups is 1. The van der Waals surface area contributed by atoms with Gasteiger partial charge in [0, 0.05) is 46.3 Å². The lowest BCUT2D eigenvalue weighted by molar-refractivity contribution is -0.129. The number of fused-ring (bicyclic) bond motifs is 2. The number of aromatic nitrogens is 2. The highest BCUT2D eigenvalue weighted by molar-refractivity contribution is 6.04. The van der Waals surface area contributed by atoms with Gasteiger partial charge in [0.2, 0.25) is 5.60 Å². The van der Waals surface area contributed by atoms with Crippen LogP contribution in [0.15, 0.2) is 88.3 Å². The monoisotopic (exact) mass is 463 g/mol. The lowest BCUT2D eigenvalue weighted by Crippen LogP contribution is -2.39. The molecule has 5 aromatic rings. The molecule has 0 spiro atoms. The van der Waals surface area contributed by atoms with Gasteiger partial charge in [-0.15, -0.1) is 0 Å². The zero-order valence-corrected chi connectivity index (χ0v) is 19.1. The molecule has 0 fully saturated rings. The normalized spacial score (nSPS) is 12.7. The maximum Gasteiger partial charge on any atom is 0.366 e. The number of rotatable bonds is 3. The lowest BCUT2D eigenvalue weighted by Gasteiger charge is -2.21. The summed E-state index contributed by atoms with van der Waals surface area (Å²) in [5, 5.41) is 19.9. The minimum atomic E-state index is -2.16. The highest BCUT2D eigenvalue weighted by Gasteiger charge is 2.39. The molecular formula is C28H21N3O4. The Morgan fingerprint density at radius 2 is 1.77 bits per heavy atom. The van der Waals surface area contributed by atoms with Gasteiger partial charge in [-0.25, -0.2) is 4.79 Å². The van der Waals surface area contributed by atoms with Crippen LogP contribution in [0.3, 0.4) is 0 Å². The van der Waals surface area contributed by atoms with Crippen LogP contribution in [0.1, 0.15) is 16.8 Å². The van der Waals surface area contributed by atoms with Gasteiger partial charge in [0.15, 0.2) is 0 Å². The minimum Gasteiger partial charge on any atom is -0.366 e. The SMILES string of the molecule is Cc1noc(=O)c2ccc(NC(=O)C(O)(C#Cc3ccccc3)c3cn(C)c4ccccc34)cc12. The summed E-state index contributed by atoms with van der Waals surface area (Å²) in [7, 11) is 1.85. The third-order valence-electron chi connectivity index (χ3n) is 5.93. The second kappa shape index (κ2) is 8.60. The number of carbonyl (C=O) groups excluding carboxylic acids is 1. The van der Waals surface area contributed by atoms with Crippen molar-refractivity contribution in [2.75, 3.05) is 5.32 Å². The molecule has 1 atom stereocenters. The van der Waals surface area contributed by atoms with E-state index in [0.717, 1.165) is 5.52 Å². The van der Waals surface area contributed by atoms with Gasteiger partial charge >= 0.3 is 5.63 Å². The second-order valence-electron chi connectivity index (χ2n) is 8.27. The van der Waals surface area contributed by atoms with Crippen molar-refractivity contribution in [1.29, 1.82) is 0 Å². The molecule has 7 heteroatoms. The molecule has 3 aromatic carbocycles. The predicted octanol–water partition coefficient (Wildman–Crippen LogP) is 3.87. The van der Waals surface area contributed by atoms with Crippen LogP contribution in [0.2, 0.25) is 0 Å². The van der Waals surface area contributed by atoms with E-state index in [9.17, 15) is 14.7 Å². The van der Waals surface area contributed by atoms with Gasteiger partial charge in [0.1, 0.15) is 0 Å². The van der Waals surface area contributed by atoms with Gasteiger partial charge in [-0.2, -0.15) is 0 Å². The summed E-state index contributed by atoms with van der Waals surface area (Å²) in [6.07, 6.45) is 1.71. The van der Waals surface area contributed by atoms with Gasteiger partial charge in [-0.1, -0.05) is 47.5 Å². The minimum absolute atomic E-state index is 0.351. The Morgan fingerprint density at radius 3 is 2.57 bits per heavy atom. The van der Waals surface area contributed by atoms with Crippen molar-refractivity contribution in [3.63, 3.8) is 0 Å². The molecule has 5 rings (SSSR count). The average Bonchev–Trinajstić information content (AvgIpc) is 3.22. The first-order chi connectivity index (χ1) is 16.9. The Morgan fingerprint density at radius 1 is 1.03 bits per heavy atom. The first kappa shape index (κ1) is 22.1. The van der Waals surface area contributed by atoms with Gasteiger partial charge < -0.3 is 19.5 Å². The zero-order chi connectivity index (χ0) is 24.6. The van der Waals surface area contributed by atoms with E-state index in [-0.39, 0.29) is 0 Å². The highest BCUT2D eigenvalue weighted by Crippen LogP contribution is 2.32. The van der Waals surface area contributed by atoms with Crippen LogP contribution in [0.5, 0.6) is 0 Å². The molecule has 2 aromatic heterocycles. The molecule has 0 aliphatic carbocycles. The van der Waals surface area contributed by atoms with E-state index in [0.29, 0.717) is 38.7 Å². The van der Waals surface area contributed by atoms with Crippen molar-refractivity contribution < 1.29 is 14.4 Å². The third-order valence-corrected chi connectivity index (χ3v) is 5.93. The fourth-order valence-corrected chi connectivity index (χ4v) is 4.09. The fraction of sp³-hybridized carbons (Fsp3) is 0.107. The standard InChI is InChI=1S/C28H21N3O4/c1-18-23-16-20(12-13-21(23)26(32)35-30-18)29-27(33)28(34,15-14-19-8-4-3-5-9-19)24-17-31(2)25-11-7-6-10-22(24)25/h3-13,16-17,34H,1-2H3,(H,29,33). The largest absolute Gasteiger partial charge is 0.366 e. The van der Waals surface area contributed by atoms with Crippen molar-refractivity contribution in [3.8, 4) is 11.8 Å². The molecular weight excluding hydrogens is 442 g/mol. The molecule has 2 heterocycles. The topological polar surface area (TPSA) is 97.4 Å². The Bertz CT molecular complexity index is 1710. The van der Waals surface area contributed by atoms with Gasteiger partial charge in [-0.05, 0) is 49.2 Å².